The molecule has 0 radical (unpaired) electrons. The van der Waals surface area contributed by atoms with E-state index in [2.05, 4.69) is 0 Å². The van der Waals surface area contributed by atoms with Gasteiger partial charge in [-0.05, 0) is 18.6 Å². The first kappa shape index (κ1) is 9.00. The predicted octanol–water partition coefficient (Wildman–Crippen LogP) is 3.09. The molecule has 2 unspecified atom stereocenters. The second-order valence-electron chi connectivity index (χ2n) is 3.87. The van der Waals surface area contributed by atoms with Gasteiger partial charge < -0.3 is 4.74 Å². The number of hydrogen-bond acceptors (Lipinski definition) is 1. The predicted molar refractivity (Wildman–Crippen MR) is 43.2 cm³/mol. The van der Waals surface area contributed by atoms with Crippen molar-refractivity contribution in [3.05, 3.63) is 29.1 Å². The molecule has 2 atom stereocenters. The molecule has 1 aromatic carbocycles. The van der Waals surface area contributed by atoms with Gasteiger partial charge in [0.1, 0.15) is 6.10 Å². The second-order valence-corrected chi connectivity index (χ2v) is 3.87. The van der Waals surface area contributed by atoms with E-state index in [-0.39, 0.29) is 17.8 Å². The molecule has 1 aliphatic carbocycles. The number of rotatable bonds is 0. The summed E-state index contributed by atoms with van der Waals surface area (Å²) in [6, 6.07) is 1.49. The van der Waals surface area contributed by atoms with Crippen molar-refractivity contribution in [1.29, 1.82) is 0 Å². The Morgan fingerprint density at radius 2 is 2.00 bits per heavy atom. The molecule has 0 amide bonds. The van der Waals surface area contributed by atoms with Crippen molar-refractivity contribution in [1.82, 2.24) is 0 Å². The van der Waals surface area contributed by atoms with Crippen LogP contribution in [0.2, 0.25) is 0 Å². The number of fused-ring (bicyclic) bond motifs is 3. The van der Waals surface area contributed by atoms with Crippen LogP contribution in [0.15, 0.2) is 12.1 Å². The van der Waals surface area contributed by atoms with Gasteiger partial charge in [0.15, 0.2) is 11.6 Å². The van der Waals surface area contributed by atoms with E-state index < -0.39 is 17.6 Å². The molecule has 1 nitrogen and oxygen atoms in total. The normalized spacial score (nSPS) is 26.9. The highest BCUT2D eigenvalue weighted by Crippen LogP contribution is 2.55. The molecular formula is C10H6F4O. The van der Waals surface area contributed by atoms with E-state index >= 15 is 0 Å². The molecule has 0 saturated heterocycles. The molecule has 15 heavy (non-hydrogen) atoms. The monoisotopic (exact) mass is 218 g/mol. The SMILES string of the molecule is Fc1cc(C(F)(F)F)cc2c1OC1CC21. The Bertz CT molecular complexity index is 438. The maximum atomic E-state index is 13.3. The van der Waals surface area contributed by atoms with Gasteiger partial charge in [0, 0.05) is 11.5 Å². The van der Waals surface area contributed by atoms with E-state index in [9.17, 15) is 17.6 Å². The highest BCUT2D eigenvalue weighted by molar-refractivity contribution is 5.49. The standard InChI is InChI=1S/C10H6F4O/c11-7-2-4(10(12,13)14)1-6-5-3-8(5)15-9(6)7/h1-2,5,8H,3H2. The van der Waals surface area contributed by atoms with E-state index in [1.165, 1.54) is 0 Å². The highest BCUT2D eigenvalue weighted by atomic mass is 19.4. The van der Waals surface area contributed by atoms with Crippen LogP contribution < -0.4 is 4.74 Å². The summed E-state index contributed by atoms with van der Waals surface area (Å²) in [6.07, 6.45) is -3.89. The van der Waals surface area contributed by atoms with E-state index in [0.717, 1.165) is 6.07 Å². The number of ether oxygens (including phenoxy) is 1. The maximum Gasteiger partial charge on any atom is 0.416 e. The molecule has 1 aromatic rings. The third-order valence-corrected chi connectivity index (χ3v) is 2.80. The van der Waals surface area contributed by atoms with Crippen LogP contribution in [0.4, 0.5) is 17.6 Å². The van der Waals surface area contributed by atoms with Crippen LogP contribution in [0.5, 0.6) is 5.75 Å². The Balaban J connectivity index is 2.14. The molecule has 0 aromatic heterocycles. The minimum atomic E-state index is -4.50. The Hall–Kier alpha value is -1.26. The molecule has 3 rings (SSSR count). The Morgan fingerprint density at radius 1 is 1.27 bits per heavy atom. The van der Waals surface area contributed by atoms with Gasteiger partial charge in [-0.25, -0.2) is 4.39 Å². The van der Waals surface area contributed by atoms with Crippen LogP contribution >= 0.6 is 0 Å². The zero-order valence-corrected chi connectivity index (χ0v) is 7.44. The lowest BCUT2D eigenvalue weighted by atomic mass is 10.1. The molecule has 5 heteroatoms. The van der Waals surface area contributed by atoms with Gasteiger partial charge in [0.2, 0.25) is 0 Å². The minimum Gasteiger partial charge on any atom is -0.486 e. The van der Waals surface area contributed by atoms with Crippen LogP contribution in [0.1, 0.15) is 23.5 Å². The minimum absolute atomic E-state index is 0.00394. The summed E-state index contributed by atoms with van der Waals surface area (Å²) < 4.78 is 55.5. The summed E-state index contributed by atoms with van der Waals surface area (Å²) >= 11 is 0. The molecule has 0 N–H and O–H groups in total. The van der Waals surface area contributed by atoms with Gasteiger partial charge in [0.25, 0.3) is 0 Å². The number of halogens is 4. The Morgan fingerprint density at radius 3 is 2.67 bits per heavy atom. The summed E-state index contributed by atoms with van der Waals surface area (Å²) in [4.78, 5) is 0. The van der Waals surface area contributed by atoms with Crippen molar-refractivity contribution < 1.29 is 22.3 Å². The van der Waals surface area contributed by atoms with Crippen LogP contribution in [-0.4, -0.2) is 6.10 Å². The first-order valence-electron chi connectivity index (χ1n) is 4.54. The molecule has 0 bridgehead atoms. The van der Waals surface area contributed by atoms with Crippen molar-refractivity contribution in [2.24, 2.45) is 0 Å². The molecule has 80 valence electrons. The fourth-order valence-corrected chi connectivity index (χ4v) is 1.96. The van der Waals surface area contributed by atoms with Crippen LogP contribution in [-0.2, 0) is 6.18 Å². The van der Waals surface area contributed by atoms with Crippen LogP contribution in [0.3, 0.4) is 0 Å². The van der Waals surface area contributed by atoms with E-state index in [1.807, 2.05) is 0 Å². The number of alkyl halides is 3. The lowest BCUT2D eigenvalue weighted by Crippen LogP contribution is -2.06. The lowest BCUT2D eigenvalue weighted by Gasteiger charge is -2.10. The number of benzene rings is 1. The molecule has 1 heterocycles. The Labute approximate surface area is 82.7 Å². The Kier molecular flexibility index (Phi) is 1.47. The van der Waals surface area contributed by atoms with Crippen LogP contribution in [0.25, 0.3) is 0 Å². The average Bonchev–Trinajstić information content (AvgIpc) is 2.79. The lowest BCUT2D eigenvalue weighted by molar-refractivity contribution is -0.137. The molecule has 1 aliphatic heterocycles. The van der Waals surface area contributed by atoms with Gasteiger partial charge in [-0.15, -0.1) is 0 Å². The topological polar surface area (TPSA) is 9.23 Å². The molecule has 0 spiro atoms. The first-order chi connectivity index (χ1) is 6.97. The van der Waals surface area contributed by atoms with E-state index in [0.29, 0.717) is 18.1 Å². The molecule has 1 fully saturated rings. The van der Waals surface area contributed by atoms with Gasteiger partial charge in [-0.2, -0.15) is 13.2 Å². The third-order valence-electron chi connectivity index (χ3n) is 2.80. The second kappa shape index (κ2) is 2.46. The van der Waals surface area contributed by atoms with Gasteiger partial charge >= 0.3 is 6.18 Å². The van der Waals surface area contributed by atoms with Crippen molar-refractivity contribution >= 4 is 0 Å². The molecule has 1 saturated carbocycles. The van der Waals surface area contributed by atoms with Gasteiger partial charge in [-0.1, -0.05) is 0 Å². The van der Waals surface area contributed by atoms with Crippen molar-refractivity contribution in [2.45, 2.75) is 24.6 Å². The fourth-order valence-electron chi connectivity index (χ4n) is 1.96. The third kappa shape index (κ3) is 1.22. The van der Waals surface area contributed by atoms with Crippen LogP contribution in [0, 0.1) is 5.82 Å². The maximum absolute atomic E-state index is 13.3. The number of hydrogen-bond donors (Lipinski definition) is 0. The van der Waals surface area contributed by atoms with Gasteiger partial charge in [0.05, 0.1) is 5.56 Å². The van der Waals surface area contributed by atoms with Crippen molar-refractivity contribution in [2.75, 3.05) is 0 Å². The summed E-state index contributed by atoms with van der Waals surface area (Å²) in [6.45, 7) is 0. The van der Waals surface area contributed by atoms with Crippen molar-refractivity contribution in [3.8, 4) is 5.75 Å². The quantitative estimate of drug-likeness (QED) is 0.608. The average molecular weight is 218 g/mol. The largest absolute Gasteiger partial charge is 0.486 e. The highest BCUT2D eigenvalue weighted by Gasteiger charge is 2.50. The molecule has 2 aliphatic rings. The summed E-state index contributed by atoms with van der Waals surface area (Å²) in [5.41, 5.74) is -0.567. The zero-order valence-electron chi connectivity index (χ0n) is 7.44. The summed E-state index contributed by atoms with van der Waals surface area (Å²) in [7, 11) is 0. The van der Waals surface area contributed by atoms with E-state index in [1.54, 1.807) is 0 Å². The fraction of sp³-hybridized carbons (Fsp3) is 0.400. The van der Waals surface area contributed by atoms with Gasteiger partial charge in [-0.3, -0.25) is 0 Å². The van der Waals surface area contributed by atoms with Crippen molar-refractivity contribution in [3.63, 3.8) is 0 Å². The smallest absolute Gasteiger partial charge is 0.416 e. The summed E-state index contributed by atoms with van der Waals surface area (Å²) in [5, 5.41) is 0. The zero-order chi connectivity index (χ0) is 10.8. The summed E-state index contributed by atoms with van der Waals surface area (Å²) in [5.74, 6) is -0.937. The molecular weight excluding hydrogens is 212 g/mol. The van der Waals surface area contributed by atoms with E-state index in [4.69, 9.17) is 4.74 Å². The first-order valence-corrected chi connectivity index (χ1v) is 4.54.